The highest BCUT2D eigenvalue weighted by molar-refractivity contribution is 5.73. The summed E-state index contributed by atoms with van der Waals surface area (Å²) in [5, 5.41) is 10.9. The molecule has 0 bridgehead atoms. The highest BCUT2D eigenvalue weighted by atomic mass is 16.5. The lowest BCUT2D eigenvalue weighted by molar-refractivity contribution is -0.138. The molecule has 0 aliphatic carbocycles. The van der Waals surface area contributed by atoms with Crippen molar-refractivity contribution in [2.45, 2.75) is 18.9 Å². The summed E-state index contributed by atoms with van der Waals surface area (Å²) >= 11 is 0. The first kappa shape index (κ1) is 13.4. The molecule has 0 radical (unpaired) electrons. The number of hydrogen-bond donors (Lipinski definition) is 3. The van der Waals surface area contributed by atoms with Gasteiger partial charge in [-0.05, 0) is 12.8 Å². The summed E-state index contributed by atoms with van der Waals surface area (Å²) in [7, 11) is 0. The Labute approximate surface area is 88.1 Å². The number of hydrogen-bond acceptors (Lipinski definition) is 4. The first-order chi connectivity index (χ1) is 7.07. The Kier molecular flexibility index (Phi) is 7.00. The number of carbonyl (C=O) groups is 2. The third-order valence-corrected chi connectivity index (χ3v) is 1.61. The van der Waals surface area contributed by atoms with Crippen LogP contribution < -0.4 is 11.1 Å². The minimum absolute atomic E-state index is 0.153. The fourth-order valence-electron chi connectivity index (χ4n) is 0.822. The van der Waals surface area contributed by atoms with Crippen molar-refractivity contribution in [2.75, 3.05) is 13.2 Å². The Morgan fingerprint density at radius 3 is 2.80 bits per heavy atom. The van der Waals surface area contributed by atoms with Gasteiger partial charge in [-0.2, -0.15) is 0 Å². The van der Waals surface area contributed by atoms with Gasteiger partial charge in [0.1, 0.15) is 12.6 Å². The van der Waals surface area contributed by atoms with Gasteiger partial charge in [0.2, 0.25) is 0 Å². The second kappa shape index (κ2) is 7.81. The van der Waals surface area contributed by atoms with Crippen LogP contribution in [0.3, 0.4) is 0 Å². The average molecular weight is 216 g/mol. The first-order valence-electron chi connectivity index (χ1n) is 4.57. The second-order valence-corrected chi connectivity index (χ2v) is 2.90. The highest BCUT2D eigenvalue weighted by Gasteiger charge is 2.10. The van der Waals surface area contributed by atoms with Crippen molar-refractivity contribution < 1.29 is 19.4 Å². The zero-order chi connectivity index (χ0) is 11.7. The number of carbonyl (C=O) groups excluding carboxylic acids is 1. The molecule has 86 valence electrons. The molecule has 6 nitrogen and oxygen atoms in total. The number of amides is 1. The normalized spacial score (nSPS) is 11.5. The molecule has 4 N–H and O–H groups in total. The number of alkyl carbamates (subject to hydrolysis) is 1. The van der Waals surface area contributed by atoms with E-state index in [9.17, 15) is 9.59 Å². The predicted octanol–water partition coefficient (Wildman–Crippen LogP) is 0.0907. The van der Waals surface area contributed by atoms with E-state index in [-0.39, 0.29) is 6.61 Å². The fourth-order valence-corrected chi connectivity index (χ4v) is 0.822. The Bertz CT molecular complexity index is 230. The zero-order valence-electron chi connectivity index (χ0n) is 8.44. The number of rotatable bonds is 7. The zero-order valence-corrected chi connectivity index (χ0v) is 8.44. The molecular weight excluding hydrogens is 200 g/mol. The van der Waals surface area contributed by atoms with E-state index in [2.05, 4.69) is 16.6 Å². The highest BCUT2D eigenvalue weighted by Crippen LogP contribution is 1.93. The van der Waals surface area contributed by atoms with Crippen LogP contribution in [0.4, 0.5) is 4.79 Å². The molecule has 0 unspecified atom stereocenters. The molecule has 0 aromatic heterocycles. The Morgan fingerprint density at radius 2 is 2.27 bits per heavy atom. The van der Waals surface area contributed by atoms with Gasteiger partial charge < -0.3 is 20.9 Å². The van der Waals surface area contributed by atoms with Crippen LogP contribution in [-0.2, 0) is 9.53 Å². The monoisotopic (exact) mass is 216 g/mol. The maximum atomic E-state index is 10.9. The molecule has 0 spiro atoms. The summed E-state index contributed by atoms with van der Waals surface area (Å²) in [5.41, 5.74) is 5.26. The molecular formula is C9H16N2O4. The molecule has 15 heavy (non-hydrogen) atoms. The number of carboxylic acids is 1. The number of nitrogens with two attached hydrogens (primary N) is 1. The van der Waals surface area contributed by atoms with Crippen molar-refractivity contribution in [1.82, 2.24) is 5.32 Å². The molecule has 0 aromatic rings. The molecule has 1 atom stereocenters. The van der Waals surface area contributed by atoms with Gasteiger partial charge in [-0.3, -0.25) is 4.79 Å². The fraction of sp³-hybridized carbons (Fsp3) is 0.556. The van der Waals surface area contributed by atoms with Crippen LogP contribution in [0, 0.1) is 0 Å². The summed E-state index contributed by atoms with van der Waals surface area (Å²) in [6.07, 6.45) is 1.73. The number of ether oxygens (including phenoxy) is 1. The maximum Gasteiger partial charge on any atom is 0.407 e. The molecule has 0 saturated heterocycles. The van der Waals surface area contributed by atoms with Crippen molar-refractivity contribution in [3.05, 3.63) is 12.7 Å². The largest absolute Gasteiger partial charge is 0.480 e. The lowest BCUT2D eigenvalue weighted by Crippen LogP contribution is -2.32. The van der Waals surface area contributed by atoms with E-state index in [1.54, 1.807) is 0 Å². The van der Waals surface area contributed by atoms with Gasteiger partial charge in [-0.25, -0.2) is 4.79 Å². The van der Waals surface area contributed by atoms with Gasteiger partial charge in [0, 0.05) is 6.54 Å². The van der Waals surface area contributed by atoms with E-state index in [0.29, 0.717) is 19.4 Å². The van der Waals surface area contributed by atoms with Crippen LogP contribution in [0.1, 0.15) is 12.8 Å². The topological polar surface area (TPSA) is 102 Å². The summed E-state index contributed by atoms with van der Waals surface area (Å²) in [6.45, 7) is 3.88. The molecule has 0 rings (SSSR count). The Hall–Kier alpha value is -1.56. The SMILES string of the molecule is C=CCOC(=O)NCCC[C@@H](N)C(=O)O. The molecule has 0 aromatic carbocycles. The van der Waals surface area contributed by atoms with Crippen molar-refractivity contribution in [3.63, 3.8) is 0 Å². The molecule has 0 heterocycles. The minimum atomic E-state index is -1.04. The van der Waals surface area contributed by atoms with Crippen LogP contribution in [0.25, 0.3) is 0 Å². The van der Waals surface area contributed by atoms with Crippen LogP contribution in [0.15, 0.2) is 12.7 Å². The summed E-state index contributed by atoms with van der Waals surface area (Å²) < 4.78 is 4.63. The number of nitrogens with one attached hydrogen (secondary N) is 1. The standard InChI is InChI=1S/C9H16N2O4/c1-2-6-15-9(14)11-5-3-4-7(10)8(12)13/h2,7H,1,3-6,10H2,(H,11,14)(H,12,13)/t7-/m1/s1. The van der Waals surface area contributed by atoms with Crippen molar-refractivity contribution in [3.8, 4) is 0 Å². The molecule has 0 fully saturated rings. The van der Waals surface area contributed by atoms with Crippen LogP contribution >= 0.6 is 0 Å². The Balaban J connectivity index is 3.41. The molecule has 1 amide bonds. The van der Waals surface area contributed by atoms with E-state index in [0.717, 1.165) is 0 Å². The van der Waals surface area contributed by atoms with Gasteiger partial charge in [0.25, 0.3) is 0 Å². The van der Waals surface area contributed by atoms with Crippen molar-refractivity contribution >= 4 is 12.1 Å². The van der Waals surface area contributed by atoms with E-state index in [1.807, 2.05) is 0 Å². The smallest absolute Gasteiger partial charge is 0.407 e. The average Bonchev–Trinajstić information content (AvgIpc) is 2.20. The van der Waals surface area contributed by atoms with Gasteiger partial charge in [0.15, 0.2) is 0 Å². The van der Waals surface area contributed by atoms with Crippen LogP contribution in [0.5, 0.6) is 0 Å². The van der Waals surface area contributed by atoms with Crippen LogP contribution in [0.2, 0.25) is 0 Å². The van der Waals surface area contributed by atoms with E-state index in [4.69, 9.17) is 10.8 Å². The predicted molar refractivity (Wildman–Crippen MR) is 54.4 cm³/mol. The van der Waals surface area contributed by atoms with Crippen molar-refractivity contribution in [1.29, 1.82) is 0 Å². The quantitative estimate of drug-likeness (QED) is 0.413. The third kappa shape index (κ3) is 7.51. The minimum Gasteiger partial charge on any atom is -0.480 e. The van der Waals surface area contributed by atoms with Gasteiger partial charge in [-0.15, -0.1) is 0 Å². The van der Waals surface area contributed by atoms with Gasteiger partial charge in [0.05, 0.1) is 0 Å². The van der Waals surface area contributed by atoms with Crippen LogP contribution in [-0.4, -0.2) is 36.4 Å². The lowest BCUT2D eigenvalue weighted by atomic mass is 10.2. The number of aliphatic carboxylic acids is 1. The van der Waals surface area contributed by atoms with Gasteiger partial charge >= 0.3 is 12.1 Å². The molecule has 6 heteroatoms. The summed E-state index contributed by atoms with van der Waals surface area (Å²) in [5.74, 6) is -1.04. The second-order valence-electron chi connectivity index (χ2n) is 2.90. The number of carboxylic acid groups (broad SMARTS) is 1. The van der Waals surface area contributed by atoms with E-state index >= 15 is 0 Å². The molecule has 0 aliphatic heterocycles. The summed E-state index contributed by atoms with van der Waals surface area (Å²) in [6, 6.07) is -0.879. The van der Waals surface area contributed by atoms with Gasteiger partial charge in [-0.1, -0.05) is 12.7 Å². The first-order valence-corrected chi connectivity index (χ1v) is 4.57. The lowest BCUT2D eigenvalue weighted by Gasteiger charge is -2.07. The molecule has 0 aliphatic rings. The Morgan fingerprint density at radius 1 is 1.60 bits per heavy atom. The third-order valence-electron chi connectivity index (χ3n) is 1.61. The van der Waals surface area contributed by atoms with E-state index in [1.165, 1.54) is 6.08 Å². The van der Waals surface area contributed by atoms with Crippen molar-refractivity contribution in [2.24, 2.45) is 5.73 Å². The summed E-state index contributed by atoms with van der Waals surface area (Å²) in [4.78, 5) is 21.2. The maximum absolute atomic E-state index is 10.9. The van der Waals surface area contributed by atoms with E-state index < -0.39 is 18.1 Å². The molecule has 0 saturated carbocycles.